The van der Waals surface area contributed by atoms with E-state index < -0.39 is 0 Å². The quantitative estimate of drug-likeness (QED) is 0.207. The maximum absolute atomic E-state index is 6.11. The third-order valence-electron chi connectivity index (χ3n) is 4.29. The summed E-state index contributed by atoms with van der Waals surface area (Å²) in [5.74, 6) is 1.51. The number of rotatable bonds is 8. The van der Waals surface area contributed by atoms with Crippen LogP contribution in [-0.4, -0.2) is 61.2 Å². The minimum absolute atomic E-state index is 0. The van der Waals surface area contributed by atoms with Gasteiger partial charge in [-0.15, -0.1) is 24.0 Å². The number of piperidine rings is 1. The first-order valence-electron chi connectivity index (χ1n) is 9.44. The summed E-state index contributed by atoms with van der Waals surface area (Å²) in [5.41, 5.74) is 0. The van der Waals surface area contributed by atoms with Crippen molar-refractivity contribution in [2.75, 3.05) is 44.6 Å². The zero-order chi connectivity index (χ0) is 18.8. The first-order valence-corrected chi connectivity index (χ1v) is 10.2. The standard InChI is InChI=1S/C18H30Cl2N6.HI/c1-3-9-26-10-5-15(6-11-26)25-18(21-4-2)23-8-7-22-17-16(20)12-14(19)13-24-17;/h12-13,15H,3-11H2,1-2H3,(H,22,24)(H2,21,23,25);1H. The molecule has 0 aromatic carbocycles. The highest BCUT2D eigenvalue weighted by Gasteiger charge is 2.19. The second-order valence-electron chi connectivity index (χ2n) is 6.43. The fourth-order valence-electron chi connectivity index (χ4n) is 3.02. The van der Waals surface area contributed by atoms with Crippen LogP contribution in [0.1, 0.15) is 33.1 Å². The molecule has 27 heavy (non-hydrogen) atoms. The molecule has 0 atom stereocenters. The van der Waals surface area contributed by atoms with Crippen molar-refractivity contribution >= 4 is 59.0 Å². The molecule has 154 valence electrons. The summed E-state index contributed by atoms with van der Waals surface area (Å²) < 4.78 is 0. The number of hydrogen-bond acceptors (Lipinski definition) is 4. The van der Waals surface area contributed by atoms with E-state index in [9.17, 15) is 0 Å². The Morgan fingerprint density at radius 1 is 1.30 bits per heavy atom. The predicted octanol–water partition coefficient (Wildman–Crippen LogP) is 3.85. The smallest absolute Gasteiger partial charge is 0.191 e. The van der Waals surface area contributed by atoms with Crippen molar-refractivity contribution in [3.63, 3.8) is 0 Å². The number of aromatic nitrogens is 1. The van der Waals surface area contributed by atoms with E-state index in [0.29, 0.717) is 35.0 Å². The lowest BCUT2D eigenvalue weighted by molar-refractivity contribution is 0.206. The highest BCUT2D eigenvalue weighted by atomic mass is 127. The minimum atomic E-state index is 0. The van der Waals surface area contributed by atoms with Crippen LogP contribution in [-0.2, 0) is 0 Å². The van der Waals surface area contributed by atoms with Crippen molar-refractivity contribution in [2.45, 2.75) is 39.2 Å². The Hall–Kier alpha value is -0.510. The number of anilines is 1. The number of hydrogen-bond donors (Lipinski definition) is 3. The molecule has 0 amide bonds. The third-order valence-corrected chi connectivity index (χ3v) is 4.79. The average molecular weight is 529 g/mol. The lowest BCUT2D eigenvalue weighted by atomic mass is 10.1. The van der Waals surface area contributed by atoms with Crippen LogP contribution in [0.25, 0.3) is 0 Å². The van der Waals surface area contributed by atoms with Crippen molar-refractivity contribution in [3.8, 4) is 0 Å². The zero-order valence-electron chi connectivity index (χ0n) is 16.1. The van der Waals surface area contributed by atoms with Crippen LogP contribution < -0.4 is 16.0 Å². The van der Waals surface area contributed by atoms with Gasteiger partial charge in [0.15, 0.2) is 5.96 Å². The molecule has 1 aliphatic heterocycles. The molecular weight excluding hydrogens is 498 g/mol. The molecule has 1 saturated heterocycles. The van der Waals surface area contributed by atoms with Gasteiger partial charge in [-0.3, -0.25) is 4.99 Å². The Morgan fingerprint density at radius 3 is 2.67 bits per heavy atom. The first-order chi connectivity index (χ1) is 12.6. The van der Waals surface area contributed by atoms with Gasteiger partial charge in [0.25, 0.3) is 0 Å². The molecule has 2 rings (SSSR count). The molecule has 3 N–H and O–H groups in total. The van der Waals surface area contributed by atoms with E-state index >= 15 is 0 Å². The van der Waals surface area contributed by atoms with Gasteiger partial charge in [0, 0.05) is 38.4 Å². The van der Waals surface area contributed by atoms with Gasteiger partial charge >= 0.3 is 0 Å². The van der Waals surface area contributed by atoms with E-state index in [1.807, 2.05) is 0 Å². The Kier molecular flexibility index (Phi) is 12.4. The van der Waals surface area contributed by atoms with Gasteiger partial charge in [-0.05, 0) is 38.8 Å². The lowest BCUT2D eigenvalue weighted by Crippen LogP contribution is -2.48. The second kappa shape index (κ2) is 13.6. The van der Waals surface area contributed by atoms with Gasteiger partial charge in [0.05, 0.1) is 16.6 Å². The monoisotopic (exact) mass is 528 g/mol. The fourth-order valence-corrected chi connectivity index (χ4v) is 3.46. The lowest BCUT2D eigenvalue weighted by Gasteiger charge is -2.32. The SMILES string of the molecule is CCCN1CCC(NC(=NCCNc2ncc(Cl)cc2Cl)NCC)CC1.I. The predicted molar refractivity (Wildman–Crippen MR) is 127 cm³/mol. The Balaban J connectivity index is 0.00000364. The summed E-state index contributed by atoms with van der Waals surface area (Å²) in [5, 5.41) is 11.1. The molecule has 0 bridgehead atoms. The molecule has 1 aliphatic rings. The maximum atomic E-state index is 6.11. The number of guanidine groups is 1. The van der Waals surface area contributed by atoms with Crippen LogP contribution in [0.5, 0.6) is 0 Å². The summed E-state index contributed by atoms with van der Waals surface area (Å²) in [7, 11) is 0. The van der Waals surface area contributed by atoms with Crippen molar-refractivity contribution < 1.29 is 0 Å². The number of nitrogens with one attached hydrogen (secondary N) is 3. The first kappa shape index (κ1) is 24.5. The molecule has 0 aliphatic carbocycles. The molecule has 1 fully saturated rings. The Bertz CT molecular complexity index is 579. The van der Waals surface area contributed by atoms with Gasteiger partial charge in [-0.25, -0.2) is 4.98 Å². The number of halogens is 3. The van der Waals surface area contributed by atoms with Crippen LogP contribution in [0.4, 0.5) is 5.82 Å². The van der Waals surface area contributed by atoms with Gasteiger partial charge in [-0.2, -0.15) is 0 Å². The second-order valence-corrected chi connectivity index (χ2v) is 7.28. The average Bonchev–Trinajstić information content (AvgIpc) is 2.62. The van der Waals surface area contributed by atoms with E-state index in [0.717, 1.165) is 38.4 Å². The number of likely N-dealkylation sites (tertiary alicyclic amines) is 1. The summed E-state index contributed by atoms with van der Waals surface area (Å²) in [6, 6.07) is 2.17. The van der Waals surface area contributed by atoms with E-state index in [4.69, 9.17) is 23.2 Å². The maximum Gasteiger partial charge on any atom is 0.191 e. The van der Waals surface area contributed by atoms with Crippen molar-refractivity contribution in [3.05, 3.63) is 22.3 Å². The zero-order valence-corrected chi connectivity index (χ0v) is 19.9. The molecule has 1 aromatic rings. The highest BCUT2D eigenvalue weighted by molar-refractivity contribution is 14.0. The van der Waals surface area contributed by atoms with Crippen LogP contribution in [0.2, 0.25) is 10.0 Å². The molecule has 6 nitrogen and oxygen atoms in total. The molecule has 9 heteroatoms. The van der Waals surface area contributed by atoms with Crippen molar-refractivity contribution in [1.29, 1.82) is 0 Å². The van der Waals surface area contributed by atoms with E-state index in [-0.39, 0.29) is 24.0 Å². The summed E-state index contributed by atoms with van der Waals surface area (Å²) in [6.45, 7) is 9.97. The van der Waals surface area contributed by atoms with Gasteiger partial charge < -0.3 is 20.9 Å². The number of pyridine rings is 1. The third kappa shape index (κ3) is 9.02. The molecule has 2 heterocycles. The van der Waals surface area contributed by atoms with Gasteiger partial charge in [0.1, 0.15) is 5.82 Å². The minimum Gasteiger partial charge on any atom is -0.367 e. The van der Waals surface area contributed by atoms with Crippen LogP contribution in [0, 0.1) is 0 Å². The van der Waals surface area contributed by atoms with Crippen LogP contribution >= 0.6 is 47.2 Å². The number of aliphatic imine (C=N–C) groups is 1. The molecule has 0 saturated carbocycles. The Labute approximate surface area is 189 Å². The largest absolute Gasteiger partial charge is 0.367 e. The van der Waals surface area contributed by atoms with Crippen molar-refractivity contribution in [2.24, 2.45) is 4.99 Å². The summed E-state index contributed by atoms with van der Waals surface area (Å²) in [6.07, 6.45) is 5.12. The van der Waals surface area contributed by atoms with Gasteiger partial charge in [0.2, 0.25) is 0 Å². The topological polar surface area (TPSA) is 64.6 Å². The number of nitrogens with zero attached hydrogens (tertiary/aromatic N) is 3. The van der Waals surface area contributed by atoms with Crippen LogP contribution in [0.3, 0.4) is 0 Å². The Morgan fingerprint density at radius 2 is 2.04 bits per heavy atom. The molecule has 0 spiro atoms. The van der Waals surface area contributed by atoms with Crippen LogP contribution in [0.15, 0.2) is 17.3 Å². The fraction of sp³-hybridized carbons (Fsp3) is 0.667. The molecule has 0 radical (unpaired) electrons. The molecular formula is C18H31Cl2IN6. The van der Waals surface area contributed by atoms with E-state index in [2.05, 4.69) is 44.7 Å². The van der Waals surface area contributed by atoms with E-state index in [1.165, 1.54) is 13.0 Å². The molecule has 1 aromatic heterocycles. The highest BCUT2D eigenvalue weighted by Crippen LogP contribution is 2.22. The summed E-state index contributed by atoms with van der Waals surface area (Å²) in [4.78, 5) is 11.4. The van der Waals surface area contributed by atoms with E-state index in [1.54, 1.807) is 12.3 Å². The normalized spacial score (nSPS) is 15.9. The molecule has 0 unspecified atom stereocenters. The van der Waals surface area contributed by atoms with Crippen molar-refractivity contribution in [1.82, 2.24) is 20.5 Å². The summed E-state index contributed by atoms with van der Waals surface area (Å²) >= 11 is 12.0. The van der Waals surface area contributed by atoms with Gasteiger partial charge in [-0.1, -0.05) is 30.1 Å².